The summed E-state index contributed by atoms with van der Waals surface area (Å²) in [5.74, 6) is 0. The summed E-state index contributed by atoms with van der Waals surface area (Å²) in [6, 6.07) is 6.44. The first-order valence-electron chi connectivity index (χ1n) is 5.83. The summed E-state index contributed by atoms with van der Waals surface area (Å²) in [7, 11) is 0. The molecule has 0 aliphatic heterocycles. The van der Waals surface area contributed by atoms with Crippen molar-refractivity contribution in [2.24, 2.45) is 0 Å². The molecule has 0 radical (unpaired) electrons. The van der Waals surface area contributed by atoms with Crippen LogP contribution in [0.25, 0.3) is 5.57 Å². The van der Waals surface area contributed by atoms with Crippen molar-refractivity contribution in [2.75, 3.05) is 0 Å². The molecule has 0 spiro atoms. The van der Waals surface area contributed by atoms with Gasteiger partial charge in [-0.15, -0.1) is 6.58 Å². The van der Waals surface area contributed by atoms with Crippen LogP contribution in [0.3, 0.4) is 0 Å². The molecule has 1 aromatic carbocycles. The molecule has 0 fully saturated rings. The zero-order valence-electron chi connectivity index (χ0n) is 11.7. The molecule has 0 amide bonds. The molecule has 0 heterocycles. The zero-order valence-corrected chi connectivity index (χ0v) is 11.7. The average molecular weight is 218 g/mol. The van der Waals surface area contributed by atoms with Crippen LogP contribution >= 0.6 is 0 Å². The molecular formula is C16H26. The van der Waals surface area contributed by atoms with E-state index in [4.69, 9.17) is 0 Å². The zero-order chi connectivity index (χ0) is 13.1. The lowest BCUT2D eigenvalue weighted by atomic mass is 10.0. The van der Waals surface area contributed by atoms with Gasteiger partial charge in [-0.2, -0.15) is 0 Å². The normalized spacial score (nSPS) is 7.88. The summed E-state index contributed by atoms with van der Waals surface area (Å²) < 4.78 is 0. The summed E-state index contributed by atoms with van der Waals surface area (Å²) in [5, 5.41) is 0. The van der Waals surface area contributed by atoms with Crippen LogP contribution in [0.4, 0.5) is 0 Å². The Kier molecular flexibility index (Phi) is 10.9. The maximum atomic E-state index is 3.92. The standard InChI is InChI=1S/C11H14.C3H6.C2H6/c1-8(2)11-6-5-9(3)7-10(11)4;1-3-2;1-2/h5-7H,1H2,2-4H3;3H,1H2,2H3;1-2H3. The van der Waals surface area contributed by atoms with Crippen molar-refractivity contribution in [1.29, 1.82) is 0 Å². The van der Waals surface area contributed by atoms with E-state index in [1.165, 1.54) is 16.7 Å². The first-order valence-corrected chi connectivity index (χ1v) is 5.83. The predicted octanol–water partition coefficient (Wildman–Crippen LogP) is 5.56. The van der Waals surface area contributed by atoms with E-state index in [2.05, 4.69) is 45.2 Å². The highest BCUT2D eigenvalue weighted by Gasteiger charge is 1.96. The Labute approximate surface area is 102 Å². The Hall–Kier alpha value is -1.30. The molecule has 0 saturated carbocycles. The predicted molar refractivity (Wildman–Crippen MR) is 77.8 cm³/mol. The van der Waals surface area contributed by atoms with Crippen LogP contribution in [-0.2, 0) is 0 Å². The smallest absolute Gasteiger partial charge is 0.0204 e. The molecule has 0 aliphatic carbocycles. The maximum Gasteiger partial charge on any atom is -0.0204 e. The molecule has 90 valence electrons. The van der Waals surface area contributed by atoms with Gasteiger partial charge in [-0.3, -0.25) is 0 Å². The highest BCUT2D eigenvalue weighted by molar-refractivity contribution is 5.64. The van der Waals surface area contributed by atoms with Gasteiger partial charge >= 0.3 is 0 Å². The highest BCUT2D eigenvalue weighted by atomic mass is 14.0. The van der Waals surface area contributed by atoms with Crippen LogP contribution in [-0.4, -0.2) is 0 Å². The Morgan fingerprint density at radius 2 is 1.62 bits per heavy atom. The fraction of sp³-hybridized carbons (Fsp3) is 0.375. The Balaban J connectivity index is 0. The third-order valence-corrected chi connectivity index (χ3v) is 1.84. The molecule has 16 heavy (non-hydrogen) atoms. The Bertz CT molecular complexity index is 319. The van der Waals surface area contributed by atoms with E-state index in [9.17, 15) is 0 Å². The van der Waals surface area contributed by atoms with Crippen LogP contribution < -0.4 is 0 Å². The molecule has 0 heteroatoms. The van der Waals surface area contributed by atoms with Gasteiger partial charge in [0.15, 0.2) is 0 Å². The van der Waals surface area contributed by atoms with Crippen LogP contribution in [0, 0.1) is 13.8 Å². The molecule has 0 nitrogen and oxygen atoms in total. The van der Waals surface area contributed by atoms with E-state index >= 15 is 0 Å². The van der Waals surface area contributed by atoms with Gasteiger partial charge in [0.25, 0.3) is 0 Å². The number of hydrogen-bond acceptors (Lipinski definition) is 0. The van der Waals surface area contributed by atoms with Crippen molar-refractivity contribution in [3.8, 4) is 0 Å². The van der Waals surface area contributed by atoms with Gasteiger partial charge in [0, 0.05) is 0 Å². The van der Waals surface area contributed by atoms with E-state index in [0.29, 0.717) is 0 Å². The number of allylic oxidation sites excluding steroid dienone is 2. The van der Waals surface area contributed by atoms with Gasteiger partial charge in [-0.05, 0) is 38.8 Å². The van der Waals surface area contributed by atoms with Crippen molar-refractivity contribution in [3.63, 3.8) is 0 Å². The number of hydrogen-bond donors (Lipinski definition) is 0. The molecule has 1 rings (SSSR count). The summed E-state index contributed by atoms with van der Waals surface area (Å²) >= 11 is 0. The van der Waals surface area contributed by atoms with Crippen molar-refractivity contribution in [2.45, 2.75) is 41.5 Å². The highest BCUT2D eigenvalue weighted by Crippen LogP contribution is 2.17. The molecule has 0 saturated heterocycles. The minimum atomic E-state index is 1.14. The number of rotatable bonds is 1. The SMILES string of the molecule is C=C(C)c1ccc(C)cc1C.C=CC.CC. The van der Waals surface area contributed by atoms with Crippen molar-refractivity contribution < 1.29 is 0 Å². The molecule has 0 unspecified atom stereocenters. The topological polar surface area (TPSA) is 0 Å². The van der Waals surface area contributed by atoms with Crippen molar-refractivity contribution in [3.05, 3.63) is 54.1 Å². The van der Waals surface area contributed by atoms with Gasteiger partial charge in [0.2, 0.25) is 0 Å². The van der Waals surface area contributed by atoms with Gasteiger partial charge in [-0.25, -0.2) is 0 Å². The van der Waals surface area contributed by atoms with E-state index < -0.39 is 0 Å². The largest absolute Gasteiger partial charge is 0.103 e. The second-order valence-electron chi connectivity index (χ2n) is 3.51. The van der Waals surface area contributed by atoms with Gasteiger partial charge in [0.1, 0.15) is 0 Å². The lowest BCUT2D eigenvalue weighted by Gasteiger charge is -2.04. The third-order valence-electron chi connectivity index (χ3n) is 1.84. The van der Waals surface area contributed by atoms with E-state index in [-0.39, 0.29) is 0 Å². The monoisotopic (exact) mass is 218 g/mol. The lowest BCUT2D eigenvalue weighted by Crippen LogP contribution is -1.84. The molecule has 0 aromatic heterocycles. The molecule has 0 N–H and O–H groups in total. The van der Waals surface area contributed by atoms with E-state index in [1.54, 1.807) is 6.08 Å². The molecular weight excluding hydrogens is 192 g/mol. The quantitative estimate of drug-likeness (QED) is 0.542. The Morgan fingerprint density at radius 3 is 1.94 bits per heavy atom. The van der Waals surface area contributed by atoms with Crippen LogP contribution in [0.1, 0.15) is 44.4 Å². The van der Waals surface area contributed by atoms with Crippen molar-refractivity contribution >= 4 is 5.57 Å². The van der Waals surface area contributed by atoms with Gasteiger partial charge in [-0.1, -0.05) is 55.8 Å². The minimum Gasteiger partial charge on any atom is -0.103 e. The maximum absolute atomic E-state index is 3.92. The minimum absolute atomic E-state index is 1.14. The first kappa shape index (κ1) is 17.1. The van der Waals surface area contributed by atoms with E-state index in [1.807, 2.05) is 27.7 Å². The number of aryl methyl sites for hydroxylation is 2. The molecule has 0 bridgehead atoms. The molecule has 0 atom stereocenters. The summed E-state index contributed by atoms with van der Waals surface area (Å²) in [5.41, 5.74) is 5.04. The Morgan fingerprint density at radius 1 is 1.19 bits per heavy atom. The van der Waals surface area contributed by atoms with Gasteiger partial charge in [0.05, 0.1) is 0 Å². The van der Waals surface area contributed by atoms with Crippen LogP contribution in [0.15, 0.2) is 37.4 Å². The van der Waals surface area contributed by atoms with Crippen LogP contribution in [0.5, 0.6) is 0 Å². The molecule has 0 aliphatic rings. The van der Waals surface area contributed by atoms with Gasteiger partial charge < -0.3 is 0 Å². The lowest BCUT2D eigenvalue weighted by molar-refractivity contribution is 1.35. The summed E-state index contributed by atoms with van der Waals surface area (Å²) in [4.78, 5) is 0. The van der Waals surface area contributed by atoms with Crippen LogP contribution in [0.2, 0.25) is 0 Å². The summed E-state index contributed by atoms with van der Waals surface area (Å²) in [6.45, 7) is 19.4. The second kappa shape index (κ2) is 10.2. The van der Waals surface area contributed by atoms with E-state index in [0.717, 1.165) is 5.57 Å². The second-order valence-corrected chi connectivity index (χ2v) is 3.51. The summed E-state index contributed by atoms with van der Waals surface area (Å²) in [6.07, 6.45) is 1.75. The van der Waals surface area contributed by atoms with Crippen molar-refractivity contribution in [1.82, 2.24) is 0 Å². The first-order chi connectivity index (χ1) is 7.52. The average Bonchev–Trinajstić information content (AvgIpc) is 2.21. The fourth-order valence-corrected chi connectivity index (χ4v) is 1.29. The molecule has 1 aromatic rings. The fourth-order valence-electron chi connectivity index (χ4n) is 1.29. The number of benzene rings is 1. The third kappa shape index (κ3) is 7.05.